The van der Waals surface area contributed by atoms with Crippen LogP contribution in [0.2, 0.25) is 0 Å². The van der Waals surface area contributed by atoms with E-state index in [0.717, 1.165) is 36.0 Å². The third-order valence-electron chi connectivity index (χ3n) is 5.19. The summed E-state index contributed by atoms with van der Waals surface area (Å²) in [6.07, 6.45) is 13.6. The van der Waals surface area contributed by atoms with Gasteiger partial charge in [-0.2, -0.15) is 0 Å². The Hall–Kier alpha value is -1.63. The van der Waals surface area contributed by atoms with Crippen LogP contribution in [-0.2, 0) is 12.8 Å². The first kappa shape index (κ1) is 20.7. The van der Waals surface area contributed by atoms with E-state index in [1.807, 2.05) is 6.07 Å². The zero-order valence-electron chi connectivity index (χ0n) is 16.7. The highest BCUT2D eigenvalue weighted by atomic mass is 19.1. The van der Waals surface area contributed by atoms with E-state index in [2.05, 4.69) is 44.2 Å². The Balaban J connectivity index is 1.87. The second-order valence-electron chi connectivity index (χ2n) is 7.49. The van der Waals surface area contributed by atoms with E-state index in [1.54, 1.807) is 6.07 Å². The quantitative estimate of drug-likeness (QED) is 0.337. The average molecular weight is 355 g/mol. The number of hydrogen-bond donors (Lipinski definition) is 0. The summed E-state index contributed by atoms with van der Waals surface area (Å²) in [6, 6.07) is 14.2. The van der Waals surface area contributed by atoms with Crippen LogP contribution in [0.25, 0.3) is 11.1 Å². The van der Waals surface area contributed by atoms with E-state index < -0.39 is 0 Å². The molecule has 0 amide bonds. The lowest BCUT2D eigenvalue weighted by atomic mass is 9.98. The van der Waals surface area contributed by atoms with Crippen LogP contribution in [0.3, 0.4) is 0 Å². The Kier molecular flexibility index (Phi) is 9.45. The minimum Gasteiger partial charge on any atom is -0.206 e. The highest BCUT2D eigenvalue weighted by Crippen LogP contribution is 2.25. The summed E-state index contributed by atoms with van der Waals surface area (Å²) >= 11 is 0. The van der Waals surface area contributed by atoms with Gasteiger partial charge in [0.15, 0.2) is 0 Å². The van der Waals surface area contributed by atoms with Crippen LogP contribution in [0.15, 0.2) is 42.5 Å². The Morgan fingerprint density at radius 3 is 1.85 bits per heavy atom. The van der Waals surface area contributed by atoms with Crippen molar-refractivity contribution in [2.45, 2.75) is 84.5 Å². The molecule has 0 saturated carbocycles. The molecular weight excluding hydrogens is 319 g/mol. The van der Waals surface area contributed by atoms with E-state index in [4.69, 9.17) is 0 Å². The maximum absolute atomic E-state index is 14.5. The first-order chi connectivity index (χ1) is 12.7. The highest BCUT2D eigenvalue weighted by Gasteiger charge is 2.06. The van der Waals surface area contributed by atoms with Crippen LogP contribution >= 0.6 is 0 Å². The van der Waals surface area contributed by atoms with Crippen molar-refractivity contribution >= 4 is 0 Å². The highest BCUT2D eigenvalue weighted by molar-refractivity contribution is 5.64. The van der Waals surface area contributed by atoms with Gasteiger partial charge in [0.2, 0.25) is 0 Å². The molecule has 0 atom stereocenters. The molecule has 0 spiro atoms. The molecule has 0 radical (unpaired) electrons. The Morgan fingerprint density at radius 1 is 0.615 bits per heavy atom. The van der Waals surface area contributed by atoms with Crippen molar-refractivity contribution in [1.82, 2.24) is 0 Å². The van der Waals surface area contributed by atoms with Gasteiger partial charge in [0.25, 0.3) is 0 Å². The van der Waals surface area contributed by atoms with Crippen molar-refractivity contribution in [1.29, 1.82) is 0 Å². The molecule has 0 aliphatic carbocycles. The van der Waals surface area contributed by atoms with Gasteiger partial charge in [-0.25, -0.2) is 4.39 Å². The average Bonchev–Trinajstić information content (AvgIpc) is 2.66. The molecule has 2 rings (SSSR count). The maximum atomic E-state index is 14.5. The molecule has 2 aromatic rings. The molecule has 0 N–H and O–H groups in total. The lowest BCUT2D eigenvalue weighted by Gasteiger charge is -2.08. The molecular formula is C25H35F. The predicted molar refractivity (Wildman–Crippen MR) is 112 cm³/mol. The molecule has 1 heteroatoms. The summed E-state index contributed by atoms with van der Waals surface area (Å²) in [5, 5.41) is 0. The molecule has 0 aliphatic heterocycles. The van der Waals surface area contributed by atoms with Crippen molar-refractivity contribution in [2.75, 3.05) is 0 Å². The Bertz CT molecular complexity index is 627. The number of rotatable bonds is 12. The van der Waals surface area contributed by atoms with Crippen molar-refractivity contribution < 1.29 is 4.39 Å². The third kappa shape index (κ3) is 6.94. The zero-order chi connectivity index (χ0) is 18.6. The minimum absolute atomic E-state index is 0.0947. The van der Waals surface area contributed by atoms with Crippen LogP contribution in [0.5, 0.6) is 0 Å². The van der Waals surface area contributed by atoms with E-state index in [0.29, 0.717) is 0 Å². The largest absolute Gasteiger partial charge is 0.206 e. The van der Waals surface area contributed by atoms with Gasteiger partial charge in [0.1, 0.15) is 5.82 Å². The standard InChI is InChI=1S/C25H35F/c1-3-5-7-8-9-11-12-21-14-17-23(18-15-21)24-19-16-22(20-25(24)26)13-10-6-4-2/h14-20H,3-13H2,1-2H3. The second kappa shape index (κ2) is 11.9. The van der Waals surface area contributed by atoms with Crippen molar-refractivity contribution in [3.63, 3.8) is 0 Å². The summed E-state index contributed by atoms with van der Waals surface area (Å²) in [5.41, 5.74) is 4.17. The van der Waals surface area contributed by atoms with Gasteiger partial charge in [0, 0.05) is 5.56 Å². The number of hydrogen-bond acceptors (Lipinski definition) is 0. The van der Waals surface area contributed by atoms with E-state index in [-0.39, 0.29) is 5.82 Å². The first-order valence-corrected chi connectivity index (χ1v) is 10.6. The predicted octanol–water partition coefficient (Wildman–Crippen LogP) is 8.13. The molecule has 0 bridgehead atoms. The summed E-state index contributed by atoms with van der Waals surface area (Å²) in [6.45, 7) is 4.45. The maximum Gasteiger partial charge on any atom is 0.131 e. The lowest BCUT2D eigenvalue weighted by Crippen LogP contribution is -1.91. The smallest absolute Gasteiger partial charge is 0.131 e. The molecule has 0 fully saturated rings. The van der Waals surface area contributed by atoms with Crippen LogP contribution in [0.4, 0.5) is 4.39 Å². The summed E-state index contributed by atoms with van der Waals surface area (Å²) in [4.78, 5) is 0. The molecule has 0 saturated heterocycles. The lowest BCUT2D eigenvalue weighted by molar-refractivity contribution is 0.607. The van der Waals surface area contributed by atoms with Gasteiger partial charge in [-0.1, -0.05) is 95.2 Å². The van der Waals surface area contributed by atoms with Crippen LogP contribution < -0.4 is 0 Å². The monoisotopic (exact) mass is 354 g/mol. The van der Waals surface area contributed by atoms with Gasteiger partial charge >= 0.3 is 0 Å². The van der Waals surface area contributed by atoms with Crippen LogP contribution in [0, 0.1) is 5.82 Å². The van der Waals surface area contributed by atoms with Crippen molar-refractivity contribution in [3.05, 3.63) is 59.4 Å². The first-order valence-electron chi connectivity index (χ1n) is 10.6. The van der Waals surface area contributed by atoms with Crippen molar-refractivity contribution in [3.8, 4) is 11.1 Å². The SMILES string of the molecule is CCCCCCCCc1ccc(-c2ccc(CCCCC)cc2F)cc1. The topological polar surface area (TPSA) is 0 Å². The van der Waals surface area contributed by atoms with E-state index >= 15 is 0 Å². The van der Waals surface area contributed by atoms with E-state index in [1.165, 1.54) is 56.9 Å². The molecule has 26 heavy (non-hydrogen) atoms. The molecule has 0 unspecified atom stereocenters. The number of unbranched alkanes of at least 4 members (excludes halogenated alkanes) is 7. The summed E-state index contributed by atoms with van der Waals surface area (Å²) in [7, 11) is 0. The van der Waals surface area contributed by atoms with Crippen LogP contribution in [0.1, 0.15) is 82.8 Å². The zero-order valence-corrected chi connectivity index (χ0v) is 16.7. The Labute approximate surface area is 159 Å². The molecule has 0 aromatic heterocycles. The summed E-state index contributed by atoms with van der Waals surface area (Å²) < 4.78 is 14.5. The summed E-state index contributed by atoms with van der Waals surface area (Å²) in [5.74, 6) is -0.0947. The number of benzene rings is 2. The minimum atomic E-state index is -0.0947. The van der Waals surface area contributed by atoms with Gasteiger partial charge in [-0.05, 0) is 48.4 Å². The molecule has 2 aromatic carbocycles. The molecule has 0 nitrogen and oxygen atoms in total. The van der Waals surface area contributed by atoms with Gasteiger partial charge in [-0.3, -0.25) is 0 Å². The fourth-order valence-corrected chi connectivity index (χ4v) is 3.49. The van der Waals surface area contributed by atoms with Gasteiger partial charge in [0.05, 0.1) is 0 Å². The fourth-order valence-electron chi connectivity index (χ4n) is 3.49. The number of halogens is 1. The van der Waals surface area contributed by atoms with Gasteiger partial charge in [-0.15, -0.1) is 0 Å². The van der Waals surface area contributed by atoms with E-state index in [9.17, 15) is 4.39 Å². The fraction of sp³-hybridized carbons (Fsp3) is 0.520. The van der Waals surface area contributed by atoms with Crippen molar-refractivity contribution in [2.24, 2.45) is 0 Å². The molecule has 142 valence electrons. The van der Waals surface area contributed by atoms with Gasteiger partial charge < -0.3 is 0 Å². The number of aryl methyl sites for hydroxylation is 2. The third-order valence-corrected chi connectivity index (χ3v) is 5.19. The molecule has 0 aliphatic rings. The Morgan fingerprint density at radius 2 is 1.15 bits per heavy atom. The van der Waals surface area contributed by atoms with Crippen LogP contribution in [-0.4, -0.2) is 0 Å². The molecule has 0 heterocycles. The normalized spacial score (nSPS) is 11.0. The second-order valence-corrected chi connectivity index (χ2v) is 7.49.